The first-order valence-corrected chi connectivity index (χ1v) is 9.03. The molecule has 0 saturated carbocycles. The van der Waals surface area contributed by atoms with Gasteiger partial charge in [0.15, 0.2) is 11.5 Å². The van der Waals surface area contributed by atoms with Crippen molar-refractivity contribution in [2.45, 2.75) is 32.6 Å². The van der Waals surface area contributed by atoms with Crippen molar-refractivity contribution in [2.24, 2.45) is 0 Å². The summed E-state index contributed by atoms with van der Waals surface area (Å²) in [5.41, 5.74) is 1.36. The average molecular weight is 348 g/mol. The predicted octanol–water partition coefficient (Wildman–Crippen LogP) is 4.14. The SMILES string of the molecule is CCCCCCNC(=O)c1csc(-c2ccc(OC)c(OC)c2)n1. The lowest BCUT2D eigenvalue weighted by molar-refractivity contribution is 0.0948. The van der Waals surface area contributed by atoms with E-state index in [2.05, 4.69) is 17.2 Å². The summed E-state index contributed by atoms with van der Waals surface area (Å²) in [6.45, 7) is 2.87. The highest BCUT2D eigenvalue weighted by molar-refractivity contribution is 7.13. The topological polar surface area (TPSA) is 60.5 Å². The number of unbranched alkanes of at least 4 members (excludes halogenated alkanes) is 3. The molecule has 2 aromatic rings. The van der Waals surface area contributed by atoms with Gasteiger partial charge in [-0.2, -0.15) is 0 Å². The summed E-state index contributed by atoms with van der Waals surface area (Å²) in [6.07, 6.45) is 4.54. The summed E-state index contributed by atoms with van der Waals surface area (Å²) < 4.78 is 10.5. The van der Waals surface area contributed by atoms with Crippen LogP contribution in [0.2, 0.25) is 0 Å². The molecular weight excluding hydrogens is 324 g/mol. The summed E-state index contributed by atoms with van der Waals surface area (Å²) in [4.78, 5) is 16.6. The maximum atomic E-state index is 12.1. The molecule has 1 aromatic carbocycles. The first-order chi connectivity index (χ1) is 11.7. The van der Waals surface area contributed by atoms with Crippen LogP contribution >= 0.6 is 11.3 Å². The number of benzene rings is 1. The molecule has 1 N–H and O–H groups in total. The number of rotatable bonds is 9. The van der Waals surface area contributed by atoms with Gasteiger partial charge in [-0.3, -0.25) is 4.79 Å². The number of aromatic nitrogens is 1. The highest BCUT2D eigenvalue weighted by Crippen LogP contribution is 2.33. The Morgan fingerprint density at radius 3 is 2.67 bits per heavy atom. The number of nitrogens with one attached hydrogen (secondary N) is 1. The van der Waals surface area contributed by atoms with Gasteiger partial charge in [0.25, 0.3) is 5.91 Å². The third-order valence-electron chi connectivity index (χ3n) is 3.68. The van der Waals surface area contributed by atoms with E-state index >= 15 is 0 Å². The fourth-order valence-electron chi connectivity index (χ4n) is 2.32. The Labute approximate surface area is 147 Å². The molecule has 5 nitrogen and oxygen atoms in total. The van der Waals surface area contributed by atoms with E-state index in [1.54, 1.807) is 19.6 Å². The van der Waals surface area contributed by atoms with Crippen molar-refractivity contribution in [1.82, 2.24) is 10.3 Å². The van der Waals surface area contributed by atoms with Gasteiger partial charge in [0.2, 0.25) is 0 Å². The molecule has 0 fully saturated rings. The van der Waals surface area contributed by atoms with Gasteiger partial charge in [-0.1, -0.05) is 26.2 Å². The third-order valence-corrected chi connectivity index (χ3v) is 4.57. The molecule has 1 aromatic heterocycles. The molecular formula is C18H24N2O3S. The van der Waals surface area contributed by atoms with E-state index in [0.29, 0.717) is 23.7 Å². The monoisotopic (exact) mass is 348 g/mol. The first-order valence-electron chi connectivity index (χ1n) is 8.15. The standard InChI is InChI=1S/C18H24N2O3S/c1-4-5-6-7-10-19-17(21)14-12-24-18(20-14)13-8-9-15(22-2)16(11-13)23-3/h8-9,11-12H,4-7,10H2,1-3H3,(H,19,21). The minimum Gasteiger partial charge on any atom is -0.493 e. The molecule has 0 spiro atoms. The van der Waals surface area contributed by atoms with E-state index in [9.17, 15) is 4.79 Å². The van der Waals surface area contributed by atoms with Gasteiger partial charge in [-0.15, -0.1) is 11.3 Å². The second-order valence-corrected chi connectivity index (χ2v) is 6.28. The number of ether oxygens (including phenoxy) is 2. The first kappa shape index (κ1) is 18.3. The van der Waals surface area contributed by atoms with Crippen LogP contribution in [0.3, 0.4) is 0 Å². The van der Waals surface area contributed by atoms with E-state index in [1.165, 1.54) is 24.2 Å². The predicted molar refractivity (Wildman–Crippen MR) is 97.1 cm³/mol. The number of hydrogen-bond acceptors (Lipinski definition) is 5. The fourth-order valence-corrected chi connectivity index (χ4v) is 3.12. The van der Waals surface area contributed by atoms with Gasteiger partial charge < -0.3 is 14.8 Å². The lowest BCUT2D eigenvalue weighted by Gasteiger charge is -2.08. The van der Waals surface area contributed by atoms with Crippen molar-refractivity contribution < 1.29 is 14.3 Å². The van der Waals surface area contributed by atoms with Crippen molar-refractivity contribution in [3.8, 4) is 22.1 Å². The molecule has 0 aliphatic carbocycles. The van der Waals surface area contributed by atoms with Gasteiger partial charge in [0, 0.05) is 17.5 Å². The molecule has 0 unspecified atom stereocenters. The number of hydrogen-bond donors (Lipinski definition) is 1. The molecule has 0 radical (unpaired) electrons. The van der Waals surface area contributed by atoms with Crippen LogP contribution in [0.4, 0.5) is 0 Å². The second kappa shape index (κ2) is 9.27. The summed E-state index contributed by atoms with van der Waals surface area (Å²) in [7, 11) is 3.20. The van der Waals surface area contributed by atoms with Gasteiger partial charge in [-0.05, 0) is 24.6 Å². The van der Waals surface area contributed by atoms with E-state index in [4.69, 9.17) is 9.47 Å². The third kappa shape index (κ3) is 4.71. The van der Waals surface area contributed by atoms with Crippen LogP contribution in [-0.2, 0) is 0 Å². The minimum absolute atomic E-state index is 0.116. The number of thiazole rings is 1. The summed E-state index contributed by atoms with van der Waals surface area (Å²) >= 11 is 1.44. The van der Waals surface area contributed by atoms with Crippen molar-refractivity contribution in [3.63, 3.8) is 0 Å². The van der Waals surface area contributed by atoms with E-state index in [0.717, 1.165) is 23.4 Å². The number of amides is 1. The molecule has 0 aliphatic rings. The molecule has 1 heterocycles. The molecule has 130 valence electrons. The molecule has 24 heavy (non-hydrogen) atoms. The van der Waals surface area contributed by atoms with Crippen molar-refractivity contribution in [2.75, 3.05) is 20.8 Å². The van der Waals surface area contributed by atoms with Gasteiger partial charge in [0.05, 0.1) is 14.2 Å². The molecule has 0 atom stereocenters. The van der Waals surface area contributed by atoms with Crippen LogP contribution in [0.25, 0.3) is 10.6 Å². The van der Waals surface area contributed by atoms with E-state index in [-0.39, 0.29) is 5.91 Å². The Hall–Kier alpha value is -2.08. The Kier molecular flexibility index (Phi) is 7.06. The van der Waals surface area contributed by atoms with Crippen molar-refractivity contribution >= 4 is 17.2 Å². The smallest absolute Gasteiger partial charge is 0.270 e. The zero-order valence-electron chi connectivity index (χ0n) is 14.4. The highest BCUT2D eigenvalue weighted by atomic mass is 32.1. The van der Waals surface area contributed by atoms with Crippen molar-refractivity contribution in [3.05, 3.63) is 29.3 Å². The summed E-state index contributed by atoms with van der Waals surface area (Å²) in [5, 5.41) is 5.49. The van der Waals surface area contributed by atoms with Gasteiger partial charge in [-0.25, -0.2) is 4.98 Å². The second-order valence-electron chi connectivity index (χ2n) is 5.42. The highest BCUT2D eigenvalue weighted by Gasteiger charge is 2.13. The molecule has 0 aliphatic heterocycles. The summed E-state index contributed by atoms with van der Waals surface area (Å²) in [6, 6.07) is 5.61. The maximum absolute atomic E-state index is 12.1. The van der Waals surface area contributed by atoms with Crippen molar-refractivity contribution in [1.29, 1.82) is 0 Å². The molecule has 0 bridgehead atoms. The molecule has 2 rings (SSSR count). The lowest BCUT2D eigenvalue weighted by Crippen LogP contribution is -2.24. The fraction of sp³-hybridized carbons (Fsp3) is 0.444. The lowest BCUT2D eigenvalue weighted by atomic mass is 10.2. The Morgan fingerprint density at radius 1 is 1.17 bits per heavy atom. The van der Waals surface area contributed by atoms with Crippen LogP contribution in [0.5, 0.6) is 11.5 Å². The Morgan fingerprint density at radius 2 is 1.96 bits per heavy atom. The van der Waals surface area contributed by atoms with E-state index in [1.807, 2.05) is 18.2 Å². The molecule has 0 saturated heterocycles. The van der Waals surface area contributed by atoms with Crippen LogP contribution < -0.4 is 14.8 Å². The summed E-state index contributed by atoms with van der Waals surface area (Å²) in [5.74, 6) is 1.20. The van der Waals surface area contributed by atoms with Crippen LogP contribution in [0.1, 0.15) is 43.1 Å². The zero-order chi connectivity index (χ0) is 17.4. The number of carbonyl (C=O) groups is 1. The quantitative estimate of drug-likeness (QED) is 0.692. The normalized spacial score (nSPS) is 10.5. The number of methoxy groups -OCH3 is 2. The molecule has 1 amide bonds. The van der Waals surface area contributed by atoms with Crippen LogP contribution in [0, 0.1) is 0 Å². The molecule has 6 heteroatoms. The average Bonchev–Trinajstić information content (AvgIpc) is 3.11. The van der Waals surface area contributed by atoms with Crippen LogP contribution in [-0.4, -0.2) is 31.7 Å². The Bertz CT molecular complexity index is 670. The zero-order valence-corrected chi connectivity index (χ0v) is 15.2. The largest absolute Gasteiger partial charge is 0.493 e. The minimum atomic E-state index is -0.116. The van der Waals surface area contributed by atoms with E-state index < -0.39 is 0 Å². The number of carbonyl (C=O) groups excluding carboxylic acids is 1. The maximum Gasteiger partial charge on any atom is 0.270 e. The van der Waals surface area contributed by atoms with Crippen LogP contribution in [0.15, 0.2) is 23.6 Å². The van der Waals surface area contributed by atoms with Gasteiger partial charge in [0.1, 0.15) is 10.7 Å². The number of nitrogens with zero attached hydrogens (tertiary/aromatic N) is 1. The Balaban J connectivity index is 2.01. The van der Waals surface area contributed by atoms with Gasteiger partial charge >= 0.3 is 0 Å².